The van der Waals surface area contributed by atoms with Crippen LogP contribution in [0.2, 0.25) is 5.04 Å². The first-order valence-corrected chi connectivity index (χ1v) is 12.9. The van der Waals surface area contributed by atoms with Crippen LogP contribution in [0.15, 0.2) is 60.7 Å². The molecule has 2 aromatic carbocycles. The third-order valence-electron chi connectivity index (χ3n) is 6.37. The molecular weight excluding hydrogens is 392 g/mol. The Morgan fingerprint density at radius 1 is 0.900 bits per heavy atom. The fraction of sp³-hybridized carbons (Fsp3) is 0.480. The van der Waals surface area contributed by atoms with Crippen molar-refractivity contribution in [1.29, 1.82) is 0 Å². The van der Waals surface area contributed by atoms with Crippen molar-refractivity contribution in [3.63, 3.8) is 0 Å². The predicted molar refractivity (Wildman–Crippen MR) is 121 cm³/mol. The van der Waals surface area contributed by atoms with Crippen molar-refractivity contribution in [2.24, 2.45) is 0 Å². The van der Waals surface area contributed by atoms with Gasteiger partial charge in [0.05, 0.1) is 18.8 Å². The van der Waals surface area contributed by atoms with Gasteiger partial charge in [0.25, 0.3) is 8.32 Å². The highest BCUT2D eigenvalue weighted by Crippen LogP contribution is 2.38. The maximum absolute atomic E-state index is 11.5. The van der Waals surface area contributed by atoms with Gasteiger partial charge in [-0.05, 0) is 34.7 Å². The predicted octanol–water partition coefficient (Wildman–Crippen LogP) is 3.82. The maximum atomic E-state index is 11.5. The van der Waals surface area contributed by atoms with Crippen molar-refractivity contribution in [2.75, 3.05) is 6.61 Å². The second-order valence-electron chi connectivity index (χ2n) is 9.42. The lowest BCUT2D eigenvalue weighted by molar-refractivity contribution is -0.147. The summed E-state index contributed by atoms with van der Waals surface area (Å²) >= 11 is 0. The minimum absolute atomic E-state index is 0.00389. The van der Waals surface area contributed by atoms with Gasteiger partial charge in [-0.1, -0.05) is 81.4 Å². The number of benzene rings is 2. The number of carbonyl (C=O) groups excluding carboxylic acids is 1. The Bertz CT molecular complexity index is 807. The van der Waals surface area contributed by atoms with E-state index in [-0.39, 0.29) is 29.3 Å². The van der Waals surface area contributed by atoms with Crippen LogP contribution in [0, 0.1) is 0 Å². The first kappa shape index (κ1) is 21.3. The molecule has 0 saturated carbocycles. The number of hydrogen-bond donors (Lipinski definition) is 0. The molecule has 2 fully saturated rings. The van der Waals surface area contributed by atoms with E-state index in [1.54, 1.807) is 0 Å². The number of ether oxygens (including phenoxy) is 2. The van der Waals surface area contributed by atoms with Gasteiger partial charge < -0.3 is 13.9 Å². The van der Waals surface area contributed by atoms with Crippen LogP contribution in [0.3, 0.4) is 0 Å². The first-order valence-electron chi connectivity index (χ1n) is 11.0. The molecule has 3 atom stereocenters. The van der Waals surface area contributed by atoms with Crippen molar-refractivity contribution in [3.05, 3.63) is 60.7 Å². The van der Waals surface area contributed by atoms with Crippen LogP contribution in [0.5, 0.6) is 0 Å². The molecule has 30 heavy (non-hydrogen) atoms. The molecule has 0 unspecified atom stereocenters. The van der Waals surface area contributed by atoms with Gasteiger partial charge >= 0.3 is 5.97 Å². The monoisotopic (exact) mass is 424 g/mol. The molecule has 2 heterocycles. The lowest BCUT2D eigenvalue weighted by Gasteiger charge is -2.43. The second kappa shape index (κ2) is 8.65. The molecule has 4 rings (SSSR count). The minimum atomic E-state index is -2.55. The zero-order chi connectivity index (χ0) is 21.2. The summed E-state index contributed by atoms with van der Waals surface area (Å²) in [6, 6.07) is 21.4. The van der Waals surface area contributed by atoms with E-state index in [1.807, 2.05) is 0 Å². The molecule has 160 valence electrons. The molecular formula is C25H32O4Si. The van der Waals surface area contributed by atoms with Gasteiger partial charge in [-0.2, -0.15) is 0 Å². The smallest absolute Gasteiger partial charge is 0.306 e. The number of cyclic esters (lactones) is 1. The highest BCUT2D eigenvalue weighted by Gasteiger charge is 2.50. The van der Waals surface area contributed by atoms with Crippen molar-refractivity contribution in [3.8, 4) is 0 Å². The summed E-state index contributed by atoms with van der Waals surface area (Å²) in [5.74, 6) is -0.101. The summed E-state index contributed by atoms with van der Waals surface area (Å²) < 4.78 is 18.7. The van der Waals surface area contributed by atoms with Gasteiger partial charge in [0.2, 0.25) is 0 Å². The van der Waals surface area contributed by atoms with Crippen molar-refractivity contribution in [1.82, 2.24) is 0 Å². The molecule has 0 N–H and O–H groups in total. The Morgan fingerprint density at radius 3 is 2.00 bits per heavy atom. The molecule has 0 bridgehead atoms. The number of carbonyl (C=O) groups is 1. The normalized spacial score (nSPS) is 24.8. The van der Waals surface area contributed by atoms with Crippen molar-refractivity contribution >= 4 is 24.7 Å². The van der Waals surface area contributed by atoms with E-state index in [1.165, 1.54) is 10.4 Å². The molecule has 0 amide bonds. The molecule has 2 aliphatic heterocycles. The van der Waals surface area contributed by atoms with Crippen LogP contribution in [0.1, 0.15) is 46.5 Å². The van der Waals surface area contributed by atoms with Gasteiger partial charge in [0, 0.05) is 6.42 Å². The Labute approximate surface area is 180 Å². The molecule has 0 spiro atoms. The van der Waals surface area contributed by atoms with Gasteiger partial charge in [-0.3, -0.25) is 4.79 Å². The highest BCUT2D eigenvalue weighted by molar-refractivity contribution is 6.99. The third-order valence-corrected chi connectivity index (χ3v) is 11.4. The average Bonchev–Trinajstić information content (AvgIpc) is 3.38. The van der Waals surface area contributed by atoms with Crippen LogP contribution < -0.4 is 10.4 Å². The minimum Gasteiger partial charge on any atom is -0.460 e. The Balaban J connectivity index is 1.57. The molecule has 2 aliphatic rings. The van der Waals surface area contributed by atoms with Crippen LogP contribution >= 0.6 is 0 Å². The molecule has 2 aromatic rings. The van der Waals surface area contributed by atoms with Crippen LogP contribution in [-0.2, 0) is 18.7 Å². The number of esters is 1. The molecule has 0 aromatic heterocycles. The Morgan fingerprint density at radius 2 is 1.50 bits per heavy atom. The zero-order valence-electron chi connectivity index (χ0n) is 18.2. The zero-order valence-corrected chi connectivity index (χ0v) is 19.2. The van der Waals surface area contributed by atoms with E-state index in [9.17, 15) is 4.79 Å². The lowest BCUT2D eigenvalue weighted by atomic mass is 10.1. The summed E-state index contributed by atoms with van der Waals surface area (Å²) in [4.78, 5) is 11.5. The number of rotatable bonds is 6. The molecule has 0 aliphatic carbocycles. The second-order valence-corrected chi connectivity index (χ2v) is 13.7. The van der Waals surface area contributed by atoms with Gasteiger partial charge in [-0.15, -0.1) is 0 Å². The molecule has 0 radical (unpaired) electrons. The third kappa shape index (κ3) is 4.11. The maximum Gasteiger partial charge on any atom is 0.306 e. The Kier molecular flexibility index (Phi) is 6.14. The topological polar surface area (TPSA) is 44.8 Å². The standard InChI is InChI=1S/C25H32O4Si/c1-25(2,3)30(20-10-6-4-7-11-20,21-12-8-5-9-13-21)27-18-19-14-15-22(28-19)23-16-17-24(26)29-23/h4-13,19,22-23H,14-18H2,1-3H3/t19-,22+,23-/m0/s1. The summed E-state index contributed by atoms with van der Waals surface area (Å²) in [6.45, 7) is 7.42. The van der Waals surface area contributed by atoms with Crippen molar-refractivity contribution in [2.45, 2.75) is 69.8 Å². The SMILES string of the molecule is CC(C)(C)[Si](OC[C@@H]1CC[C@H]([C@@H]2CCC(=O)O2)O1)(c1ccccc1)c1ccccc1. The van der Waals surface area contributed by atoms with Gasteiger partial charge in [-0.25, -0.2) is 0 Å². The fourth-order valence-electron chi connectivity index (χ4n) is 4.92. The van der Waals surface area contributed by atoms with Crippen LogP contribution in [0.25, 0.3) is 0 Å². The Hall–Kier alpha value is -1.95. The largest absolute Gasteiger partial charge is 0.460 e. The van der Waals surface area contributed by atoms with Crippen molar-refractivity contribution < 1.29 is 18.7 Å². The van der Waals surface area contributed by atoms with Gasteiger partial charge in [0.1, 0.15) is 6.10 Å². The van der Waals surface area contributed by atoms with Crippen LogP contribution in [0.4, 0.5) is 0 Å². The first-order chi connectivity index (χ1) is 14.4. The van der Waals surface area contributed by atoms with E-state index >= 15 is 0 Å². The quantitative estimate of drug-likeness (QED) is 0.522. The van der Waals surface area contributed by atoms with E-state index in [2.05, 4.69) is 81.4 Å². The van der Waals surface area contributed by atoms with Crippen LogP contribution in [-0.4, -0.2) is 39.2 Å². The highest BCUT2D eigenvalue weighted by atomic mass is 28.4. The fourth-order valence-corrected chi connectivity index (χ4v) is 9.51. The molecule has 4 nitrogen and oxygen atoms in total. The molecule has 5 heteroatoms. The molecule has 2 saturated heterocycles. The van der Waals surface area contributed by atoms with Gasteiger partial charge in [0.15, 0.2) is 0 Å². The van der Waals surface area contributed by atoms with E-state index in [0.29, 0.717) is 13.0 Å². The van der Waals surface area contributed by atoms with E-state index < -0.39 is 8.32 Å². The summed E-state index contributed by atoms with van der Waals surface area (Å²) in [6.07, 6.45) is 3.10. The lowest BCUT2D eigenvalue weighted by Crippen LogP contribution is -2.67. The average molecular weight is 425 g/mol. The van der Waals surface area contributed by atoms with E-state index in [4.69, 9.17) is 13.9 Å². The van der Waals surface area contributed by atoms with E-state index in [0.717, 1.165) is 19.3 Å². The summed E-state index contributed by atoms with van der Waals surface area (Å²) in [5.41, 5.74) is 0. The number of hydrogen-bond acceptors (Lipinski definition) is 4. The summed E-state index contributed by atoms with van der Waals surface area (Å²) in [5, 5.41) is 2.51. The summed E-state index contributed by atoms with van der Waals surface area (Å²) in [7, 11) is -2.55.